The first-order valence-electron chi connectivity index (χ1n) is 15.2. The molecule has 4 aliphatic carbocycles. The molecule has 6 rings (SSSR count). The number of ether oxygens (including phenoxy) is 4. The average Bonchev–Trinajstić information content (AvgIpc) is 3.49. The molecule has 0 aromatic heterocycles. The number of rotatable bonds is 6. The third kappa shape index (κ3) is 4.37. The van der Waals surface area contributed by atoms with E-state index in [9.17, 15) is 35.4 Å². The molecule has 0 amide bonds. The van der Waals surface area contributed by atoms with Crippen LogP contribution < -0.4 is 0 Å². The molecule has 0 unspecified atom stereocenters. The molecule has 1 saturated heterocycles. The maximum Gasteiger partial charge on any atom is 0.331 e. The number of fused-ring (bicyclic) bond motifs is 5. The first kappa shape index (κ1) is 29.9. The van der Waals surface area contributed by atoms with Gasteiger partial charge in [0.25, 0.3) is 0 Å². The molecule has 41 heavy (non-hydrogen) atoms. The summed E-state index contributed by atoms with van der Waals surface area (Å²) in [6.45, 7) is 1.75. The van der Waals surface area contributed by atoms with Gasteiger partial charge in [-0.25, -0.2) is 4.79 Å². The quantitative estimate of drug-likeness (QED) is 0.184. The fourth-order valence-corrected chi connectivity index (χ4v) is 10.3. The summed E-state index contributed by atoms with van der Waals surface area (Å²) < 4.78 is 22.4. The zero-order valence-corrected chi connectivity index (χ0v) is 23.9. The highest BCUT2D eigenvalue weighted by atomic mass is 16.7. The Balaban J connectivity index is 1.21. The molecule has 0 bridgehead atoms. The smallest absolute Gasteiger partial charge is 0.331 e. The molecule has 6 N–H and O–H groups in total. The molecular weight excluding hydrogens is 536 g/mol. The van der Waals surface area contributed by atoms with E-state index in [1.54, 1.807) is 6.08 Å². The maximum atomic E-state index is 12.4. The molecule has 11 nitrogen and oxygen atoms in total. The molecule has 0 aromatic carbocycles. The van der Waals surface area contributed by atoms with Crippen LogP contribution in [0.3, 0.4) is 0 Å². The van der Waals surface area contributed by atoms with E-state index in [4.69, 9.17) is 18.9 Å². The van der Waals surface area contributed by atoms with Gasteiger partial charge in [-0.3, -0.25) is 0 Å². The summed E-state index contributed by atoms with van der Waals surface area (Å²) in [6.07, 6.45) is 0.0377. The standard InChI is InChI=1S/C30H46O11/c1-28-11-20(33)23-19(30(28,37)8-6-18(28)15-9-22(34)39-13-15)4-3-16-10-17(5-7-29(16,23)14-32)40-27-25(36)26(38-2)24(35)21(12-31)41-27/h9,16-21,23-27,31-33,35-37H,3-8,10-14H2,1-2H3/t16-,17+,18-,19-,20+,21-,23-,24-,25-,26+,27-,28-,29-,30+/m1/s1. The van der Waals surface area contributed by atoms with Crippen LogP contribution in [0, 0.1) is 34.5 Å². The van der Waals surface area contributed by atoms with E-state index in [2.05, 4.69) is 6.92 Å². The van der Waals surface area contributed by atoms with E-state index in [0.717, 1.165) is 18.4 Å². The van der Waals surface area contributed by atoms with Gasteiger partial charge in [0.05, 0.1) is 24.4 Å². The van der Waals surface area contributed by atoms with E-state index in [0.29, 0.717) is 38.5 Å². The van der Waals surface area contributed by atoms with Crippen LogP contribution in [-0.2, 0) is 23.7 Å². The van der Waals surface area contributed by atoms with Crippen LogP contribution in [-0.4, -0.2) is 112 Å². The molecule has 5 fully saturated rings. The second-order valence-corrected chi connectivity index (χ2v) is 13.8. The van der Waals surface area contributed by atoms with Gasteiger partial charge in [0.1, 0.15) is 31.0 Å². The van der Waals surface area contributed by atoms with E-state index < -0.39 is 59.8 Å². The largest absolute Gasteiger partial charge is 0.458 e. The van der Waals surface area contributed by atoms with Gasteiger partial charge in [0, 0.05) is 30.6 Å². The lowest BCUT2D eigenvalue weighted by Crippen LogP contribution is -2.68. The van der Waals surface area contributed by atoms with Crippen LogP contribution in [0.25, 0.3) is 0 Å². The summed E-state index contributed by atoms with van der Waals surface area (Å²) in [7, 11) is 1.38. The molecule has 2 heterocycles. The molecule has 14 atom stereocenters. The lowest BCUT2D eigenvalue weighted by molar-refractivity contribution is -0.321. The molecule has 0 radical (unpaired) electrons. The summed E-state index contributed by atoms with van der Waals surface area (Å²) in [5.74, 6) is -0.810. The van der Waals surface area contributed by atoms with Crippen molar-refractivity contribution in [1.82, 2.24) is 0 Å². The van der Waals surface area contributed by atoms with E-state index in [1.807, 2.05) is 0 Å². The van der Waals surface area contributed by atoms with Crippen LogP contribution in [0.1, 0.15) is 58.3 Å². The Labute approximate surface area is 240 Å². The van der Waals surface area contributed by atoms with Crippen molar-refractivity contribution in [2.24, 2.45) is 34.5 Å². The summed E-state index contributed by atoms with van der Waals surface area (Å²) in [5, 5.41) is 66.0. The van der Waals surface area contributed by atoms with Gasteiger partial charge in [0.2, 0.25) is 0 Å². The van der Waals surface area contributed by atoms with E-state index in [-0.39, 0.29) is 49.0 Å². The predicted octanol–water partition coefficient (Wildman–Crippen LogP) is 0.0258. The SMILES string of the molecule is CO[C@@H]1[C@@H](O)[C@H](O[C@H]2CC[C@@]3(CO)[C@H](CC[C@@H]4[C@@H]3[C@@H](O)C[C@]3(C)[C@@H](C5=CC(=O)OC5)CC[C@]43O)C2)O[C@H](CO)[C@H]1O. The van der Waals surface area contributed by atoms with Crippen LogP contribution >= 0.6 is 0 Å². The van der Waals surface area contributed by atoms with Gasteiger partial charge in [-0.2, -0.15) is 0 Å². The number of carbonyl (C=O) groups is 1. The number of aliphatic hydroxyl groups excluding tert-OH is 5. The number of cyclic esters (lactones) is 1. The Morgan fingerprint density at radius 2 is 1.85 bits per heavy atom. The van der Waals surface area contributed by atoms with Gasteiger partial charge < -0.3 is 49.6 Å². The number of aliphatic hydroxyl groups is 6. The van der Waals surface area contributed by atoms with Crippen molar-refractivity contribution in [2.75, 3.05) is 26.9 Å². The number of hydrogen-bond acceptors (Lipinski definition) is 11. The monoisotopic (exact) mass is 582 g/mol. The first-order chi connectivity index (χ1) is 19.5. The molecule has 2 aliphatic heterocycles. The molecule has 4 saturated carbocycles. The minimum absolute atomic E-state index is 0.0362. The topological polar surface area (TPSA) is 175 Å². The second-order valence-electron chi connectivity index (χ2n) is 13.8. The van der Waals surface area contributed by atoms with Crippen molar-refractivity contribution in [3.63, 3.8) is 0 Å². The van der Waals surface area contributed by atoms with Crippen molar-refractivity contribution in [3.05, 3.63) is 11.6 Å². The van der Waals surface area contributed by atoms with E-state index >= 15 is 0 Å². The molecule has 11 heteroatoms. The Hall–Kier alpha value is -1.15. The van der Waals surface area contributed by atoms with Crippen LogP contribution in [0.5, 0.6) is 0 Å². The Morgan fingerprint density at radius 1 is 1.07 bits per heavy atom. The fraction of sp³-hybridized carbons (Fsp3) is 0.900. The minimum atomic E-state index is -1.24. The molecule has 0 spiro atoms. The van der Waals surface area contributed by atoms with Gasteiger partial charge in [-0.1, -0.05) is 6.92 Å². The average molecular weight is 583 g/mol. The summed E-state index contributed by atoms with van der Waals surface area (Å²) >= 11 is 0. The van der Waals surface area contributed by atoms with Crippen LogP contribution in [0.2, 0.25) is 0 Å². The second kappa shape index (κ2) is 10.8. The number of esters is 1. The van der Waals surface area contributed by atoms with Crippen molar-refractivity contribution in [2.45, 2.75) is 107 Å². The molecule has 232 valence electrons. The van der Waals surface area contributed by atoms with Crippen molar-refractivity contribution >= 4 is 5.97 Å². The first-order valence-corrected chi connectivity index (χ1v) is 15.2. The number of methoxy groups -OCH3 is 1. The zero-order chi connectivity index (χ0) is 29.3. The highest BCUT2D eigenvalue weighted by Crippen LogP contribution is 2.70. The number of carbonyl (C=O) groups excluding carboxylic acids is 1. The molecule has 6 aliphatic rings. The van der Waals surface area contributed by atoms with Gasteiger partial charge in [-0.15, -0.1) is 0 Å². The van der Waals surface area contributed by atoms with Gasteiger partial charge >= 0.3 is 5.97 Å². The van der Waals surface area contributed by atoms with E-state index in [1.165, 1.54) is 7.11 Å². The van der Waals surface area contributed by atoms with Crippen LogP contribution in [0.4, 0.5) is 0 Å². The van der Waals surface area contributed by atoms with Gasteiger partial charge in [-0.05, 0) is 80.6 Å². The lowest BCUT2D eigenvalue weighted by atomic mass is 9.42. The van der Waals surface area contributed by atoms with Crippen molar-refractivity contribution in [1.29, 1.82) is 0 Å². The number of hydrogen-bond donors (Lipinski definition) is 6. The summed E-state index contributed by atoms with van der Waals surface area (Å²) in [5.41, 5.74) is -1.30. The molecular formula is C30H46O11. The summed E-state index contributed by atoms with van der Waals surface area (Å²) in [4.78, 5) is 11.8. The fourth-order valence-electron chi connectivity index (χ4n) is 10.3. The Bertz CT molecular complexity index is 1040. The minimum Gasteiger partial charge on any atom is -0.458 e. The Kier molecular flexibility index (Phi) is 7.86. The normalized spacial score (nSPS) is 53.2. The molecule has 0 aromatic rings. The predicted molar refractivity (Wildman–Crippen MR) is 142 cm³/mol. The van der Waals surface area contributed by atoms with Crippen molar-refractivity contribution in [3.8, 4) is 0 Å². The van der Waals surface area contributed by atoms with Crippen LogP contribution in [0.15, 0.2) is 11.6 Å². The van der Waals surface area contributed by atoms with Gasteiger partial charge in [0.15, 0.2) is 6.29 Å². The highest BCUT2D eigenvalue weighted by molar-refractivity contribution is 5.85. The Morgan fingerprint density at radius 3 is 2.51 bits per heavy atom. The third-order valence-electron chi connectivity index (χ3n) is 12.3. The highest BCUT2D eigenvalue weighted by Gasteiger charge is 2.70. The lowest BCUT2D eigenvalue weighted by Gasteiger charge is -2.65. The third-order valence-corrected chi connectivity index (χ3v) is 12.3. The maximum absolute atomic E-state index is 12.4. The van der Waals surface area contributed by atoms with Crippen molar-refractivity contribution < 1.29 is 54.4 Å². The summed E-state index contributed by atoms with van der Waals surface area (Å²) in [6, 6.07) is 0. The zero-order valence-electron chi connectivity index (χ0n) is 23.9.